The van der Waals surface area contributed by atoms with Gasteiger partial charge >= 0.3 is 0 Å². The lowest BCUT2D eigenvalue weighted by atomic mass is 10.2. The first-order valence-electron chi connectivity index (χ1n) is 5.68. The molecule has 0 bridgehead atoms. The van der Waals surface area contributed by atoms with Gasteiger partial charge in [-0.25, -0.2) is 4.90 Å². The van der Waals surface area contributed by atoms with Crippen molar-refractivity contribution >= 4 is 34.9 Å². The number of carbonyl (C=O) groups excluding carboxylic acids is 2. The number of nitriles is 1. The molecule has 1 N–H and O–H groups in total. The van der Waals surface area contributed by atoms with E-state index < -0.39 is 6.04 Å². The van der Waals surface area contributed by atoms with Gasteiger partial charge in [-0.3, -0.25) is 9.59 Å². The number of nitrogens with zero attached hydrogens (tertiary/aromatic N) is 2. The van der Waals surface area contributed by atoms with Gasteiger partial charge in [0, 0.05) is 12.3 Å². The molecule has 0 radical (unpaired) electrons. The average molecular weight is 297 g/mol. The van der Waals surface area contributed by atoms with Gasteiger partial charge in [0.2, 0.25) is 0 Å². The molecule has 0 spiro atoms. The van der Waals surface area contributed by atoms with Crippen molar-refractivity contribution in [2.45, 2.75) is 13.0 Å². The van der Waals surface area contributed by atoms with Gasteiger partial charge in [0.25, 0.3) is 11.8 Å². The highest BCUT2D eigenvalue weighted by molar-refractivity contribution is 7.98. The van der Waals surface area contributed by atoms with Crippen LogP contribution in [0, 0.1) is 11.5 Å². The topological polar surface area (TPSA) is 73.2 Å². The predicted molar refractivity (Wildman–Crippen MR) is 77.0 cm³/mol. The summed E-state index contributed by atoms with van der Waals surface area (Å²) in [6.45, 7) is 2.02. The third-order valence-electron chi connectivity index (χ3n) is 2.38. The molecule has 2 amide bonds. The van der Waals surface area contributed by atoms with Crippen LogP contribution in [0.15, 0.2) is 17.5 Å². The minimum atomic E-state index is -0.677. The summed E-state index contributed by atoms with van der Waals surface area (Å²) < 4.78 is 0. The summed E-state index contributed by atoms with van der Waals surface area (Å²) in [5.74, 6) is -0.214. The van der Waals surface area contributed by atoms with E-state index in [0.717, 1.165) is 4.90 Å². The van der Waals surface area contributed by atoms with Crippen molar-refractivity contribution in [1.29, 1.82) is 5.26 Å². The van der Waals surface area contributed by atoms with E-state index in [0.29, 0.717) is 17.2 Å². The second-order valence-electron chi connectivity index (χ2n) is 3.64. The molecule has 0 saturated heterocycles. The van der Waals surface area contributed by atoms with Crippen LogP contribution in [0.25, 0.3) is 0 Å². The number of thiophene rings is 1. The van der Waals surface area contributed by atoms with Crippen LogP contribution in [-0.4, -0.2) is 41.3 Å². The molecule has 19 heavy (non-hydrogen) atoms. The van der Waals surface area contributed by atoms with Crippen LogP contribution >= 0.6 is 23.1 Å². The quantitative estimate of drug-likeness (QED) is 0.638. The van der Waals surface area contributed by atoms with Gasteiger partial charge < -0.3 is 5.32 Å². The standard InChI is InChI=1S/C12H15N3O2S2/c1-3-15(8-13)12(17)9(7-18-2)14-11(16)10-5-4-6-19-10/h4-6,9H,3,7H2,1-2H3,(H,14,16). The molecule has 1 unspecified atom stereocenters. The lowest BCUT2D eigenvalue weighted by molar-refractivity contribution is -0.129. The normalized spacial score (nSPS) is 11.4. The maximum Gasteiger partial charge on any atom is 0.262 e. The summed E-state index contributed by atoms with van der Waals surface area (Å²) in [6, 6.07) is 2.80. The molecule has 1 atom stereocenters. The third kappa shape index (κ3) is 4.26. The Morgan fingerprint density at radius 1 is 1.63 bits per heavy atom. The van der Waals surface area contributed by atoms with Gasteiger partial charge in [-0.15, -0.1) is 11.3 Å². The summed E-state index contributed by atoms with van der Waals surface area (Å²) in [5.41, 5.74) is 0. The van der Waals surface area contributed by atoms with Crippen molar-refractivity contribution in [2.75, 3.05) is 18.6 Å². The van der Waals surface area contributed by atoms with Crippen molar-refractivity contribution in [3.05, 3.63) is 22.4 Å². The molecule has 102 valence electrons. The number of likely N-dealkylation sites (N-methyl/N-ethyl adjacent to an activating group) is 1. The van der Waals surface area contributed by atoms with Crippen LogP contribution in [0.1, 0.15) is 16.6 Å². The molecule has 1 aromatic rings. The van der Waals surface area contributed by atoms with E-state index in [9.17, 15) is 9.59 Å². The monoisotopic (exact) mass is 297 g/mol. The molecule has 1 rings (SSSR count). The smallest absolute Gasteiger partial charge is 0.262 e. The number of rotatable bonds is 6. The highest BCUT2D eigenvalue weighted by Crippen LogP contribution is 2.10. The van der Waals surface area contributed by atoms with E-state index in [1.807, 2.05) is 12.4 Å². The van der Waals surface area contributed by atoms with E-state index in [-0.39, 0.29) is 11.8 Å². The predicted octanol–water partition coefficient (Wildman–Crippen LogP) is 1.54. The second-order valence-corrected chi connectivity index (χ2v) is 5.50. The molecule has 5 nitrogen and oxygen atoms in total. The zero-order chi connectivity index (χ0) is 14.3. The van der Waals surface area contributed by atoms with Crippen molar-refractivity contribution in [1.82, 2.24) is 10.2 Å². The summed E-state index contributed by atoms with van der Waals surface area (Å²) >= 11 is 2.76. The Bertz CT molecular complexity index is 468. The molecule has 0 fully saturated rings. The Balaban J connectivity index is 2.75. The van der Waals surface area contributed by atoms with Crippen LogP contribution in [0.4, 0.5) is 0 Å². The molecule has 7 heteroatoms. The second kappa shape index (κ2) is 7.81. The lowest BCUT2D eigenvalue weighted by Crippen LogP contribution is -2.48. The first kappa shape index (κ1) is 15.5. The summed E-state index contributed by atoms with van der Waals surface area (Å²) in [6.07, 6.45) is 3.67. The largest absolute Gasteiger partial charge is 0.339 e. The first-order chi connectivity index (χ1) is 9.13. The van der Waals surface area contributed by atoms with Crippen LogP contribution in [0.2, 0.25) is 0 Å². The van der Waals surface area contributed by atoms with E-state index >= 15 is 0 Å². The van der Waals surface area contributed by atoms with Gasteiger partial charge in [0.15, 0.2) is 6.19 Å². The third-order valence-corrected chi connectivity index (χ3v) is 3.92. The number of nitrogens with one attached hydrogen (secondary N) is 1. The summed E-state index contributed by atoms with van der Waals surface area (Å²) in [7, 11) is 0. The Hall–Kier alpha value is -1.52. The van der Waals surface area contributed by atoms with Gasteiger partial charge in [-0.1, -0.05) is 6.07 Å². The van der Waals surface area contributed by atoms with Crippen LogP contribution < -0.4 is 5.32 Å². The van der Waals surface area contributed by atoms with E-state index in [4.69, 9.17) is 5.26 Å². The highest BCUT2D eigenvalue weighted by Gasteiger charge is 2.25. The van der Waals surface area contributed by atoms with Crippen molar-refractivity contribution in [3.63, 3.8) is 0 Å². The molecular weight excluding hydrogens is 282 g/mol. The van der Waals surface area contributed by atoms with Crippen LogP contribution in [0.5, 0.6) is 0 Å². The van der Waals surface area contributed by atoms with Gasteiger partial charge in [-0.2, -0.15) is 17.0 Å². The first-order valence-corrected chi connectivity index (χ1v) is 7.95. The zero-order valence-electron chi connectivity index (χ0n) is 10.8. The fourth-order valence-electron chi connectivity index (χ4n) is 1.44. The SMILES string of the molecule is CCN(C#N)C(=O)C(CSC)NC(=O)c1cccs1. The van der Waals surface area contributed by atoms with Crippen molar-refractivity contribution in [3.8, 4) is 6.19 Å². The maximum atomic E-state index is 12.1. The zero-order valence-corrected chi connectivity index (χ0v) is 12.4. The fourth-order valence-corrected chi connectivity index (χ4v) is 2.63. The minimum absolute atomic E-state index is 0.281. The van der Waals surface area contributed by atoms with Crippen LogP contribution in [-0.2, 0) is 4.79 Å². The van der Waals surface area contributed by atoms with E-state index in [2.05, 4.69) is 5.32 Å². The molecular formula is C12H15N3O2S2. The van der Waals surface area contributed by atoms with E-state index in [1.165, 1.54) is 23.1 Å². The number of amides is 2. The molecule has 1 heterocycles. The number of hydrogen-bond acceptors (Lipinski definition) is 5. The van der Waals surface area contributed by atoms with Crippen molar-refractivity contribution in [2.24, 2.45) is 0 Å². The number of hydrogen-bond donors (Lipinski definition) is 1. The Morgan fingerprint density at radius 3 is 2.84 bits per heavy atom. The van der Waals surface area contributed by atoms with Gasteiger partial charge in [0.1, 0.15) is 6.04 Å². The Kier molecular flexibility index (Phi) is 6.39. The lowest BCUT2D eigenvalue weighted by Gasteiger charge is -2.20. The highest BCUT2D eigenvalue weighted by atomic mass is 32.2. The number of carbonyl (C=O) groups is 2. The molecule has 0 aliphatic rings. The average Bonchev–Trinajstić information content (AvgIpc) is 2.93. The Labute approximate surface area is 120 Å². The van der Waals surface area contributed by atoms with Gasteiger partial charge in [-0.05, 0) is 24.6 Å². The van der Waals surface area contributed by atoms with E-state index in [1.54, 1.807) is 24.4 Å². The number of thioether (sulfide) groups is 1. The molecule has 0 saturated carbocycles. The molecule has 0 aromatic carbocycles. The maximum absolute atomic E-state index is 12.1. The van der Waals surface area contributed by atoms with Crippen LogP contribution in [0.3, 0.4) is 0 Å². The fraction of sp³-hybridized carbons (Fsp3) is 0.417. The van der Waals surface area contributed by atoms with Gasteiger partial charge in [0.05, 0.1) is 4.88 Å². The summed E-state index contributed by atoms with van der Waals surface area (Å²) in [4.78, 5) is 25.6. The minimum Gasteiger partial charge on any atom is -0.339 e. The summed E-state index contributed by atoms with van der Waals surface area (Å²) in [5, 5.41) is 13.3. The Morgan fingerprint density at radius 2 is 2.37 bits per heavy atom. The molecule has 0 aliphatic carbocycles. The molecule has 0 aliphatic heterocycles. The van der Waals surface area contributed by atoms with Crippen molar-refractivity contribution < 1.29 is 9.59 Å². The molecule has 1 aromatic heterocycles.